The molecule has 0 saturated carbocycles. The predicted octanol–water partition coefficient (Wildman–Crippen LogP) is 0.987. The van der Waals surface area contributed by atoms with Gasteiger partial charge in [0.1, 0.15) is 12.1 Å². The molecule has 118 valence electrons. The van der Waals surface area contributed by atoms with Crippen LogP contribution in [0.4, 0.5) is 4.79 Å². The third kappa shape index (κ3) is 3.75. The first-order valence-corrected chi connectivity index (χ1v) is 6.99. The van der Waals surface area contributed by atoms with E-state index in [4.69, 9.17) is 9.84 Å². The van der Waals surface area contributed by atoms with Crippen LogP contribution < -0.4 is 5.32 Å². The van der Waals surface area contributed by atoms with Crippen LogP contribution in [0.2, 0.25) is 0 Å². The first kappa shape index (κ1) is 15.8. The summed E-state index contributed by atoms with van der Waals surface area (Å²) in [5.74, 6) is -0.901. The predicted molar refractivity (Wildman–Crippen MR) is 77.0 cm³/mol. The minimum Gasteiger partial charge on any atom is -0.465 e. The number of ether oxygens (including phenoxy) is 1. The van der Waals surface area contributed by atoms with Crippen LogP contribution in [0, 0.1) is 0 Å². The van der Waals surface area contributed by atoms with Gasteiger partial charge in [-0.2, -0.15) is 0 Å². The molecule has 0 aromatic heterocycles. The van der Waals surface area contributed by atoms with Crippen molar-refractivity contribution in [2.45, 2.75) is 32.0 Å². The quantitative estimate of drug-likeness (QED) is 0.791. The Morgan fingerprint density at radius 3 is 2.64 bits per heavy atom. The van der Waals surface area contributed by atoms with Crippen molar-refractivity contribution < 1.29 is 24.2 Å². The Morgan fingerprint density at radius 1 is 1.41 bits per heavy atom. The number of benzene rings is 1. The van der Waals surface area contributed by atoms with Gasteiger partial charge in [0.25, 0.3) is 0 Å². The van der Waals surface area contributed by atoms with Crippen LogP contribution in [0.5, 0.6) is 0 Å². The molecule has 1 fully saturated rings. The highest BCUT2D eigenvalue weighted by Crippen LogP contribution is 2.18. The smallest absolute Gasteiger partial charge is 0.405 e. The normalized spacial score (nSPS) is 18.4. The summed E-state index contributed by atoms with van der Waals surface area (Å²) in [6.45, 7) is 1.95. The molecule has 2 atom stereocenters. The van der Waals surface area contributed by atoms with Crippen LogP contribution in [0.1, 0.15) is 18.9 Å². The van der Waals surface area contributed by atoms with Crippen molar-refractivity contribution in [3.8, 4) is 0 Å². The van der Waals surface area contributed by atoms with Crippen molar-refractivity contribution in [1.29, 1.82) is 0 Å². The molecule has 0 radical (unpaired) electrons. The summed E-state index contributed by atoms with van der Waals surface area (Å²) in [6, 6.07) is 7.61. The molecule has 7 nitrogen and oxygen atoms in total. The maximum absolute atomic E-state index is 12.5. The molecule has 0 spiro atoms. The Bertz CT molecular complexity index is 560. The van der Waals surface area contributed by atoms with Gasteiger partial charge in [0.15, 0.2) is 0 Å². The van der Waals surface area contributed by atoms with E-state index in [-0.39, 0.29) is 13.2 Å². The van der Waals surface area contributed by atoms with E-state index in [1.54, 1.807) is 0 Å². The topological polar surface area (TPSA) is 95.9 Å². The highest BCUT2D eigenvalue weighted by Gasteiger charge is 2.37. The SMILES string of the molecule is C[C@H](NC(=O)O)C(=O)N(Cc1ccccc1)[C@H]1CCOC1=O. The Balaban J connectivity index is 2.19. The molecule has 2 amide bonds. The molecule has 1 aromatic carbocycles. The van der Waals surface area contributed by atoms with Crippen molar-refractivity contribution in [2.75, 3.05) is 6.61 Å². The van der Waals surface area contributed by atoms with E-state index in [1.165, 1.54) is 11.8 Å². The zero-order valence-electron chi connectivity index (χ0n) is 12.2. The zero-order valence-corrected chi connectivity index (χ0v) is 12.2. The standard InChI is InChI=1S/C15H18N2O5/c1-10(16-15(20)21)13(18)17(12-7-8-22-14(12)19)9-11-5-3-2-4-6-11/h2-6,10,12,16H,7-9H2,1H3,(H,20,21)/t10-,12-/m0/s1. The average molecular weight is 306 g/mol. The molecule has 1 aromatic rings. The molecule has 0 unspecified atom stereocenters. The van der Waals surface area contributed by atoms with E-state index < -0.39 is 30.1 Å². The number of esters is 1. The lowest BCUT2D eigenvalue weighted by Crippen LogP contribution is -2.51. The second-order valence-electron chi connectivity index (χ2n) is 5.09. The number of hydrogen-bond donors (Lipinski definition) is 2. The Morgan fingerprint density at radius 2 is 2.09 bits per heavy atom. The summed E-state index contributed by atoms with van der Waals surface area (Å²) in [5.41, 5.74) is 0.859. The molecule has 1 aliphatic rings. The Labute approximate surface area is 127 Å². The van der Waals surface area contributed by atoms with Crippen molar-refractivity contribution in [1.82, 2.24) is 10.2 Å². The van der Waals surface area contributed by atoms with Gasteiger partial charge in [-0.1, -0.05) is 30.3 Å². The molecule has 1 heterocycles. The van der Waals surface area contributed by atoms with Gasteiger partial charge in [0.2, 0.25) is 5.91 Å². The minimum absolute atomic E-state index is 0.227. The molecule has 0 bridgehead atoms. The molecular weight excluding hydrogens is 288 g/mol. The van der Waals surface area contributed by atoms with Crippen LogP contribution in [-0.2, 0) is 20.9 Å². The van der Waals surface area contributed by atoms with Crippen molar-refractivity contribution >= 4 is 18.0 Å². The van der Waals surface area contributed by atoms with Crippen LogP contribution in [0.3, 0.4) is 0 Å². The van der Waals surface area contributed by atoms with E-state index in [0.29, 0.717) is 6.42 Å². The van der Waals surface area contributed by atoms with E-state index >= 15 is 0 Å². The van der Waals surface area contributed by atoms with Crippen molar-refractivity contribution in [2.24, 2.45) is 0 Å². The zero-order chi connectivity index (χ0) is 16.1. The fourth-order valence-corrected chi connectivity index (χ4v) is 2.39. The average Bonchev–Trinajstić information content (AvgIpc) is 2.90. The summed E-state index contributed by atoms with van der Waals surface area (Å²) in [7, 11) is 0. The lowest BCUT2D eigenvalue weighted by molar-refractivity contribution is -0.149. The highest BCUT2D eigenvalue weighted by atomic mass is 16.5. The Hall–Kier alpha value is -2.57. The lowest BCUT2D eigenvalue weighted by Gasteiger charge is -2.29. The van der Waals surface area contributed by atoms with Crippen LogP contribution in [0.25, 0.3) is 0 Å². The number of nitrogens with one attached hydrogen (secondary N) is 1. The summed E-state index contributed by atoms with van der Waals surface area (Å²) in [5, 5.41) is 10.9. The van der Waals surface area contributed by atoms with E-state index in [2.05, 4.69) is 5.32 Å². The molecule has 1 saturated heterocycles. The largest absolute Gasteiger partial charge is 0.465 e. The van der Waals surface area contributed by atoms with Gasteiger partial charge in [-0.15, -0.1) is 0 Å². The molecule has 2 N–H and O–H groups in total. The second-order valence-corrected chi connectivity index (χ2v) is 5.09. The number of carbonyl (C=O) groups excluding carboxylic acids is 2. The number of hydrogen-bond acceptors (Lipinski definition) is 4. The maximum atomic E-state index is 12.5. The maximum Gasteiger partial charge on any atom is 0.405 e. The second kappa shape index (κ2) is 6.93. The summed E-state index contributed by atoms with van der Waals surface area (Å²) >= 11 is 0. The fourth-order valence-electron chi connectivity index (χ4n) is 2.39. The first-order chi connectivity index (χ1) is 10.5. The number of rotatable bonds is 5. The van der Waals surface area contributed by atoms with Crippen LogP contribution >= 0.6 is 0 Å². The highest BCUT2D eigenvalue weighted by molar-refractivity contribution is 5.89. The number of amides is 2. The molecular formula is C15H18N2O5. The van der Waals surface area contributed by atoms with Gasteiger partial charge in [-0.05, 0) is 12.5 Å². The monoisotopic (exact) mass is 306 g/mol. The first-order valence-electron chi connectivity index (χ1n) is 6.99. The van der Waals surface area contributed by atoms with E-state index in [9.17, 15) is 14.4 Å². The van der Waals surface area contributed by atoms with Crippen LogP contribution in [-0.4, -0.2) is 46.7 Å². The number of nitrogens with zero attached hydrogens (tertiary/aromatic N) is 1. The van der Waals surface area contributed by atoms with E-state index in [0.717, 1.165) is 5.56 Å². The lowest BCUT2D eigenvalue weighted by atomic mass is 10.1. The molecule has 1 aliphatic heterocycles. The Kier molecular flexibility index (Phi) is 4.98. The fraction of sp³-hybridized carbons (Fsp3) is 0.400. The summed E-state index contributed by atoms with van der Waals surface area (Å²) < 4.78 is 4.93. The van der Waals surface area contributed by atoms with Gasteiger partial charge >= 0.3 is 12.1 Å². The van der Waals surface area contributed by atoms with Crippen molar-refractivity contribution in [3.63, 3.8) is 0 Å². The summed E-state index contributed by atoms with van der Waals surface area (Å²) in [4.78, 5) is 36.4. The van der Waals surface area contributed by atoms with Gasteiger partial charge in [-0.3, -0.25) is 4.79 Å². The van der Waals surface area contributed by atoms with Crippen molar-refractivity contribution in [3.05, 3.63) is 35.9 Å². The summed E-state index contributed by atoms with van der Waals surface area (Å²) in [6.07, 6.45) is -0.869. The van der Waals surface area contributed by atoms with Gasteiger partial charge in [-0.25, -0.2) is 9.59 Å². The molecule has 7 heteroatoms. The number of carbonyl (C=O) groups is 3. The molecule has 0 aliphatic carbocycles. The number of cyclic esters (lactones) is 1. The third-order valence-corrected chi connectivity index (χ3v) is 3.47. The van der Waals surface area contributed by atoms with Gasteiger partial charge in [0.05, 0.1) is 6.61 Å². The van der Waals surface area contributed by atoms with E-state index in [1.807, 2.05) is 30.3 Å². The molecule has 2 rings (SSSR count). The minimum atomic E-state index is -1.28. The number of carboxylic acid groups (broad SMARTS) is 1. The van der Waals surface area contributed by atoms with Gasteiger partial charge < -0.3 is 20.1 Å². The van der Waals surface area contributed by atoms with Gasteiger partial charge in [0, 0.05) is 13.0 Å². The molecule has 22 heavy (non-hydrogen) atoms. The van der Waals surface area contributed by atoms with Crippen LogP contribution in [0.15, 0.2) is 30.3 Å². The third-order valence-electron chi connectivity index (χ3n) is 3.47.